The van der Waals surface area contributed by atoms with Gasteiger partial charge < -0.3 is 15.7 Å². The molecule has 0 atom stereocenters. The number of phenolic OH excluding ortho intramolecular Hbond substituents is 1. The Morgan fingerprint density at radius 2 is 1.70 bits per heavy atom. The predicted molar refractivity (Wildman–Crippen MR) is 71.8 cm³/mol. The number of urea groups is 1. The predicted octanol–water partition coefficient (Wildman–Crippen LogP) is 3.62. The Bertz CT molecular complexity index is 604. The van der Waals surface area contributed by atoms with E-state index in [1.54, 1.807) is 6.92 Å². The number of benzene rings is 2. The molecule has 0 heterocycles. The molecule has 0 spiro atoms. The van der Waals surface area contributed by atoms with Crippen LogP contribution in [0.4, 0.5) is 25.0 Å². The number of nitrogens with one attached hydrogen (secondary N) is 2. The van der Waals surface area contributed by atoms with Crippen LogP contribution in [0, 0.1) is 18.6 Å². The van der Waals surface area contributed by atoms with Crippen LogP contribution in [0.15, 0.2) is 36.4 Å². The van der Waals surface area contributed by atoms with E-state index in [1.165, 1.54) is 18.2 Å². The van der Waals surface area contributed by atoms with Crippen LogP contribution >= 0.6 is 0 Å². The van der Waals surface area contributed by atoms with Crippen molar-refractivity contribution in [2.45, 2.75) is 6.92 Å². The van der Waals surface area contributed by atoms with Gasteiger partial charge in [0.2, 0.25) is 0 Å². The number of hydrogen-bond donors (Lipinski definition) is 3. The highest BCUT2D eigenvalue weighted by atomic mass is 19.1. The standard InChI is InChI=1S/C14H12F2N2O2/c1-8-6-10(19)3-5-12(8)17-14(20)18-13-4-2-9(15)7-11(13)16/h2-7,19H,1H3,(H2,17,18,20). The third-order valence-corrected chi connectivity index (χ3v) is 2.64. The van der Waals surface area contributed by atoms with Crippen LogP contribution < -0.4 is 10.6 Å². The molecular weight excluding hydrogens is 266 g/mol. The molecule has 0 bridgehead atoms. The van der Waals surface area contributed by atoms with E-state index in [-0.39, 0.29) is 11.4 Å². The summed E-state index contributed by atoms with van der Waals surface area (Å²) in [6.07, 6.45) is 0. The monoisotopic (exact) mass is 278 g/mol. The van der Waals surface area contributed by atoms with Crippen molar-refractivity contribution in [3.05, 3.63) is 53.6 Å². The Morgan fingerprint density at radius 3 is 2.35 bits per heavy atom. The number of hydrogen-bond acceptors (Lipinski definition) is 2. The van der Waals surface area contributed by atoms with Gasteiger partial charge in [0.25, 0.3) is 0 Å². The third-order valence-electron chi connectivity index (χ3n) is 2.64. The fourth-order valence-electron chi connectivity index (χ4n) is 1.65. The van der Waals surface area contributed by atoms with Gasteiger partial charge in [-0.3, -0.25) is 0 Å². The van der Waals surface area contributed by atoms with Crippen LogP contribution in [0.1, 0.15) is 5.56 Å². The molecular formula is C14H12F2N2O2. The van der Waals surface area contributed by atoms with Crippen molar-refractivity contribution in [2.24, 2.45) is 0 Å². The fraction of sp³-hybridized carbons (Fsp3) is 0.0714. The van der Waals surface area contributed by atoms with Crippen molar-refractivity contribution < 1.29 is 18.7 Å². The van der Waals surface area contributed by atoms with Crippen molar-refractivity contribution in [1.29, 1.82) is 0 Å². The maximum atomic E-state index is 13.4. The Balaban J connectivity index is 2.09. The van der Waals surface area contributed by atoms with Crippen molar-refractivity contribution in [1.82, 2.24) is 0 Å². The Morgan fingerprint density at radius 1 is 1.05 bits per heavy atom. The molecule has 0 aliphatic rings. The summed E-state index contributed by atoms with van der Waals surface area (Å²) in [5, 5.41) is 14.0. The van der Waals surface area contributed by atoms with Crippen LogP contribution in [0.25, 0.3) is 0 Å². The summed E-state index contributed by atoms with van der Waals surface area (Å²) in [4.78, 5) is 11.7. The molecule has 0 saturated heterocycles. The molecule has 0 aliphatic carbocycles. The number of halogens is 2. The van der Waals surface area contributed by atoms with Crippen LogP contribution in [0.5, 0.6) is 5.75 Å². The van der Waals surface area contributed by atoms with Crippen LogP contribution in [0.2, 0.25) is 0 Å². The third kappa shape index (κ3) is 3.23. The average molecular weight is 278 g/mol. The molecule has 0 unspecified atom stereocenters. The topological polar surface area (TPSA) is 61.4 Å². The van der Waals surface area contributed by atoms with Gasteiger partial charge in [-0.2, -0.15) is 0 Å². The number of carbonyl (C=O) groups excluding carboxylic acids is 1. The van der Waals surface area contributed by atoms with Gasteiger partial charge in [0.15, 0.2) is 0 Å². The lowest BCUT2D eigenvalue weighted by Gasteiger charge is -2.10. The summed E-state index contributed by atoms with van der Waals surface area (Å²) in [6, 6.07) is 6.62. The SMILES string of the molecule is Cc1cc(O)ccc1NC(=O)Nc1ccc(F)cc1F. The van der Waals surface area contributed by atoms with E-state index in [9.17, 15) is 18.7 Å². The number of anilines is 2. The molecule has 2 rings (SSSR count). The highest BCUT2D eigenvalue weighted by Crippen LogP contribution is 2.21. The Hall–Kier alpha value is -2.63. The molecule has 0 radical (unpaired) electrons. The zero-order valence-electron chi connectivity index (χ0n) is 10.6. The summed E-state index contributed by atoms with van der Waals surface area (Å²) in [6.45, 7) is 1.70. The second-order valence-electron chi connectivity index (χ2n) is 4.20. The molecule has 2 amide bonds. The smallest absolute Gasteiger partial charge is 0.323 e. The molecule has 2 aromatic rings. The second-order valence-corrected chi connectivity index (χ2v) is 4.20. The van der Waals surface area contributed by atoms with Gasteiger partial charge in [-0.1, -0.05) is 0 Å². The van der Waals surface area contributed by atoms with E-state index in [1.807, 2.05) is 0 Å². The van der Waals surface area contributed by atoms with Gasteiger partial charge >= 0.3 is 6.03 Å². The minimum absolute atomic E-state index is 0.0815. The first kappa shape index (κ1) is 13.8. The molecule has 0 saturated carbocycles. The van der Waals surface area contributed by atoms with Gasteiger partial charge in [-0.05, 0) is 42.8 Å². The summed E-state index contributed by atoms with van der Waals surface area (Å²) in [7, 11) is 0. The lowest BCUT2D eigenvalue weighted by Crippen LogP contribution is -2.20. The number of rotatable bonds is 2. The summed E-state index contributed by atoms with van der Waals surface area (Å²) in [5.41, 5.74) is 1.00. The molecule has 0 fully saturated rings. The Kier molecular flexibility index (Phi) is 3.84. The van der Waals surface area contributed by atoms with E-state index in [4.69, 9.17) is 0 Å². The minimum Gasteiger partial charge on any atom is -0.508 e. The van der Waals surface area contributed by atoms with Crippen molar-refractivity contribution in [3.63, 3.8) is 0 Å². The first-order valence-electron chi connectivity index (χ1n) is 5.78. The molecule has 3 N–H and O–H groups in total. The molecule has 2 aromatic carbocycles. The van der Waals surface area contributed by atoms with Crippen molar-refractivity contribution in [3.8, 4) is 5.75 Å². The lowest BCUT2D eigenvalue weighted by molar-refractivity contribution is 0.262. The number of aryl methyl sites for hydroxylation is 1. The van der Waals surface area contributed by atoms with Crippen LogP contribution in [0.3, 0.4) is 0 Å². The minimum atomic E-state index is -0.859. The number of amides is 2. The zero-order valence-corrected chi connectivity index (χ0v) is 10.6. The van der Waals surface area contributed by atoms with Gasteiger partial charge in [0.1, 0.15) is 17.4 Å². The molecule has 0 aromatic heterocycles. The summed E-state index contributed by atoms with van der Waals surface area (Å²) >= 11 is 0. The largest absolute Gasteiger partial charge is 0.508 e. The van der Waals surface area contributed by atoms with Gasteiger partial charge in [-0.25, -0.2) is 13.6 Å². The van der Waals surface area contributed by atoms with Gasteiger partial charge in [0.05, 0.1) is 5.69 Å². The van der Waals surface area contributed by atoms with Gasteiger partial charge in [0, 0.05) is 11.8 Å². The average Bonchev–Trinajstić information content (AvgIpc) is 2.36. The molecule has 0 aliphatic heterocycles. The molecule has 6 heteroatoms. The quantitative estimate of drug-likeness (QED) is 0.735. The van der Waals surface area contributed by atoms with E-state index in [2.05, 4.69) is 10.6 Å². The van der Waals surface area contributed by atoms with E-state index < -0.39 is 17.7 Å². The fourth-order valence-corrected chi connectivity index (χ4v) is 1.65. The summed E-state index contributed by atoms with van der Waals surface area (Å²) in [5.74, 6) is -1.50. The van der Waals surface area contributed by atoms with Crippen molar-refractivity contribution >= 4 is 17.4 Å². The lowest BCUT2D eigenvalue weighted by atomic mass is 10.2. The van der Waals surface area contributed by atoms with E-state index in [0.717, 1.165) is 12.1 Å². The molecule has 20 heavy (non-hydrogen) atoms. The summed E-state index contributed by atoms with van der Waals surface area (Å²) < 4.78 is 26.1. The second kappa shape index (κ2) is 5.56. The van der Waals surface area contributed by atoms with Gasteiger partial charge in [-0.15, -0.1) is 0 Å². The molecule has 104 valence electrons. The highest BCUT2D eigenvalue weighted by Gasteiger charge is 2.09. The zero-order chi connectivity index (χ0) is 14.7. The molecule has 4 nitrogen and oxygen atoms in total. The number of aromatic hydroxyl groups is 1. The Labute approximate surface area is 114 Å². The highest BCUT2D eigenvalue weighted by molar-refractivity contribution is 6.00. The number of carbonyl (C=O) groups is 1. The van der Waals surface area contributed by atoms with Crippen LogP contribution in [-0.4, -0.2) is 11.1 Å². The van der Waals surface area contributed by atoms with E-state index >= 15 is 0 Å². The van der Waals surface area contributed by atoms with E-state index in [0.29, 0.717) is 17.3 Å². The first-order valence-corrected chi connectivity index (χ1v) is 5.78. The number of phenols is 1. The van der Waals surface area contributed by atoms with Crippen LogP contribution in [-0.2, 0) is 0 Å². The first-order chi connectivity index (χ1) is 9.45. The maximum Gasteiger partial charge on any atom is 0.323 e. The van der Waals surface area contributed by atoms with Crippen molar-refractivity contribution in [2.75, 3.05) is 10.6 Å². The normalized spacial score (nSPS) is 10.2. The maximum absolute atomic E-state index is 13.4.